The second-order valence-electron chi connectivity index (χ2n) is 6.52. The Labute approximate surface area is 131 Å². The summed E-state index contributed by atoms with van der Waals surface area (Å²) in [5.41, 5.74) is 0.286. The maximum Gasteiger partial charge on any atom is 0.254 e. The standard InChI is InChI=1S/C18H22N2O2/c1-18(2,3)19-16(21)12-20(4)17(22)15-10-9-13-7-5-6-8-14(13)11-15/h5-11H,12H2,1-4H3,(H,19,21). The molecular weight excluding hydrogens is 276 g/mol. The van der Waals surface area contributed by atoms with Crippen LogP contribution >= 0.6 is 0 Å². The van der Waals surface area contributed by atoms with E-state index in [0.29, 0.717) is 5.56 Å². The van der Waals surface area contributed by atoms with Crippen LogP contribution in [-0.4, -0.2) is 35.8 Å². The quantitative estimate of drug-likeness (QED) is 0.947. The van der Waals surface area contributed by atoms with Gasteiger partial charge in [-0.15, -0.1) is 0 Å². The summed E-state index contributed by atoms with van der Waals surface area (Å²) >= 11 is 0. The molecule has 0 bridgehead atoms. The lowest BCUT2D eigenvalue weighted by molar-refractivity contribution is -0.122. The van der Waals surface area contributed by atoms with E-state index in [1.54, 1.807) is 13.1 Å². The molecule has 2 aromatic carbocycles. The minimum absolute atomic E-state index is 0.0446. The van der Waals surface area contributed by atoms with Crippen LogP contribution in [-0.2, 0) is 4.79 Å². The van der Waals surface area contributed by atoms with Gasteiger partial charge < -0.3 is 10.2 Å². The highest BCUT2D eigenvalue weighted by molar-refractivity contribution is 5.99. The number of hydrogen-bond donors (Lipinski definition) is 1. The average molecular weight is 298 g/mol. The van der Waals surface area contributed by atoms with Gasteiger partial charge in [0.25, 0.3) is 5.91 Å². The Balaban J connectivity index is 2.10. The van der Waals surface area contributed by atoms with Crippen LogP contribution in [0, 0.1) is 0 Å². The summed E-state index contributed by atoms with van der Waals surface area (Å²) in [5.74, 6) is -0.320. The van der Waals surface area contributed by atoms with Gasteiger partial charge in [-0.25, -0.2) is 0 Å². The van der Waals surface area contributed by atoms with Crippen LogP contribution in [0.1, 0.15) is 31.1 Å². The first kappa shape index (κ1) is 16.0. The van der Waals surface area contributed by atoms with Crippen LogP contribution in [0.15, 0.2) is 42.5 Å². The number of nitrogens with one attached hydrogen (secondary N) is 1. The Kier molecular flexibility index (Phi) is 4.50. The van der Waals surface area contributed by atoms with Gasteiger partial charge >= 0.3 is 0 Å². The van der Waals surface area contributed by atoms with Crippen molar-refractivity contribution in [3.8, 4) is 0 Å². The second-order valence-corrected chi connectivity index (χ2v) is 6.52. The lowest BCUT2D eigenvalue weighted by Gasteiger charge is -2.23. The first-order chi connectivity index (χ1) is 10.3. The van der Waals surface area contributed by atoms with Crippen LogP contribution in [0.5, 0.6) is 0 Å². The Morgan fingerprint density at radius 2 is 1.68 bits per heavy atom. The molecule has 0 aliphatic rings. The Morgan fingerprint density at radius 1 is 1.05 bits per heavy atom. The molecule has 0 fully saturated rings. The Hall–Kier alpha value is -2.36. The molecule has 0 unspecified atom stereocenters. The number of nitrogens with zero attached hydrogens (tertiary/aromatic N) is 1. The van der Waals surface area contributed by atoms with E-state index in [0.717, 1.165) is 10.8 Å². The van der Waals surface area contributed by atoms with Gasteiger partial charge in [0.1, 0.15) is 0 Å². The van der Waals surface area contributed by atoms with Crippen molar-refractivity contribution in [2.45, 2.75) is 26.3 Å². The predicted molar refractivity (Wildman–Crippen MR) is 88.8 cm³/mol. The molecule has 0 radical (unpaired) electrons. The van der Waals surface area contributed by atoms with Crippen LogP contribution in [0.3, 0.4) is 0 Å². The van der Waals surface area contributed by atoms with Crippen molar-refractivity contribution >= 4 is 22.6 Å². The number of benzene rings is 2. The van der Waals surface area contributed by atoms with Crippen molar-refractivity contribution in [2.75, 3.05) is 13.6 Å². The first-order valence-corrected chi connectivity index (χ1v) is 7.31. The third-order valence-electron chi connectivity index (χ3n) is 3.24. The van der Waals surface area contributed by atoms with Gasteiger partial charge in [0.05, 0.1) is 6.54 Å². The van der Waals surface area contributed by atoms with Crippen molar-refractivity contribution in [3.05, 3.63) is 48.0 Å². The largest absolute Gasteiger partial charge is 0.350 e. The lowest BCUT2D eigenvalue weighted by Crippen LogP contribution is -2.46. The zero-order valence-electron chi connectivity index (χ0n) is 13.5. The number of carbonyl (C=O) groups is 2. The number of rotatable bonds is 3. The SMILES string of the molecule is CN(CC(=O)NC(C)(C)C)C(=O)c1ccc2ccccc2c1. The molecule has 0 heterocycles. The number of hydrogen-bond acceptors (Lipinski definition) is 2. The average Bonchev–Trinajstić information content (AvgIpc) is 2.43. The van der Waals surface area contributed by atoms with Crippen LogP contribution in [0.25, 0.3) is 10.8 Å². The van der Waals surface area contributed by atoms with Gasteiger partial charge in [-0.2, -0.15) is 0 Å². The smallest absolute Gasteiger partial charge is 0.254 e. The number of likely N-dealkylation sites (N-methyl/N-ethyl adjacent to an activating group) is 1. The maximum absolute atomic E-state index is 12.4. The highest BCUT2D eigenvalue weighted by Gasteiger charge is 2.18. The van der Waals surface area contributed by atoms with Crippen molar-refractivity contribution < 1.29 is 9.59 Å². The van der Waals surface area contributed by atoms with E-state index in [1.165, 1.54) is 4.90 Å². The van der Waals surface area contributed by atoms with Crippen molar-refractivity contribution in [1.82, 2.24) is 10.2 Å². The van der Waals surface area contributed by atoms with Gasteiger partial charge in [-0.1, -0.05) is 30.3 Å². The zero-order valence-corrected chi connectivity index (χ0v) is 13.5. The highest BCUT2D eigenvalue weighted by atomic mass is 16.2. The Morgan fingerprint density at radius 3 is 2.32 bits per heavy atom. The fourth-order valence-electron chi connectivity index (χ4n) is 2.29. The van der Waals surface area contributed by atoms with Crippen molar-refractivity contribution in [2.24, 2.45) is 0 Å². The Bertz CT molecular complexity index is 702. The van der Waals surface area contributed by atoms with Crippen LogP contribution < -0.4 is 5.32 Å². The van der Waals surface area contributed by atoms with E-state index in [-0.39, 0.29) is 23.9 Å². The fraction of sp³-hybridized carbons (Fsp3) is 0.333. The third kappa shape index (κ3) is 4.07. The normalized spacial score (nSPS) is 11.3. The molecule has 22 heavy (non-hydrogen) atoms. The van der Waals surface area contributed by atoms with Crippen molar-refractivity contribution in [3.63, 3.8) is 0 Å². The summed E-state index contributed by atoms with van der Waals surface area (Å²) in [6.45, 7) is 5.78. The number of fused-ring (bicyclic) bond motifs is 1. The first-order valence-electron chi connectivity index (χ1n) is 7.31. The number of amides is 2. The molecule has 0 aliphatic carbocycles. The summed E-state index contributed by atoms with van der Waals surface area (Å²) in [6.07, 6.45) is 0. The van der Waals surface area contributed by atoms with Gasteiger partial charge in [0, 0.05) is 18.2 Å². The van der Waals surface area contributed by atoms with E-state index >= 15 is 0 Å². The molecule has 0 aromatic heterocycles. The topological polar surface area (TPSA) is 49.4 Å². The monoisotopic (exact) mass is 298 g/mol. The molecule has 0 saturated heterocycles. The molecule has 0 atom stereocenters. The zero-order chi connectivity index (χ0) is 16.3. The van der Waals surface area contributed by atoms with Gasteiger partial charge in [0.2, 0.25) is 5.91 Å². The lowest BCUT2D eigenvalue weighted by atomic mass is 10.1. The summed E-state index contributed by atoms with van der Waals surface area (Å²) in [6, 6.07) is 13.5. The van der Waals surface area contributed by atoms with Crippen LogP contribution in [0.4, 0.5) is 0 Å². The van der Waals surface area contributed by atoms with E-state index in [4.69, 9.17) is 0 Å². The minimum Gasteiger partial charge on any atom is -0.350 e. The van der Waals surface area contributed by atoms with E-state index in [2.05, 4.69) is 5.32 Å². The molecule has 0 aliphatic heterocycles. The predicted octanol–water partition coefficient (Wildman–Crippen LogP) is 2.83. The summed E-state index contributed by atoms with van der Waals surface area (Å²) in [7, 11) is 1.64. The fourth-order valence-corrected chi connectivity index (χ4v) is 2.29. The molecule has 2 rings (SSSR count). The molecule has 4 nitrogen and oxygen atoms in total. The van der Waals surface area contributed by atoms with E-state index in [1.807, 2.05) is 57.2 Å². The molecule has 2 aromatic rings. The van der Waals surface area contributed by atoms with Gasteiger partial charge in [-0.05, 0) is 43.7 Å². The van der Waals surface area contributed by atoms with E-state index < -0.39 is 0 Å². The molecule has 116 valence electrons. The van der Waals surface area contributed by atoms with Gasteiger partial charge in [-0.3, -0.25) is 9.59 Å². The highest BCUT2D eigenvalue weighted by Crippen LogP contribution is 2.16. The molecule has 1 N–H and O–H groups in total. The summed E-state index contributed by atoms with van der Waals surface area (Å²) in [5, 5.41) is 4.96. The molecular formula is C18H22N2O2. The van der Waals surface area contributed by atoms with E-state index in [9.17, 15) is 9.59 Å². The van der Waals surface area contributed by atoms with Crippen molar-refractivity contribution in [1.29, 1.82) is 0 Å². The number of carbonyl (C=O) groups excluding carboxylic acids is 2. The third-order valence-corrected chi connectivity index (χ3v) is 3.24. The molecule has 0 spiro atoms. The second kappa shape index (κ2) is 6.18. The van der Waals surface area contributed by atoms with Crippen LogP contribution in [0.2, 0.25) is 0 Å². The van der Waals surface area contributed by atoms with Gasteiger partial charge in [0.15, 0.2) is 0 Å². The maximum atomic E-state index is 12.4. The molecule has 2 amide bonds. The molecule has 4 heteroatoms. The summed E-state index contributed by atoms with van der Waals surface area (Å²) in [4.78, 5) is 25.8. The minimum atomic E-state index is -0.302. The molecule has 0 saturated carbocycles. The summed E-state index contributed by atoms with van der Waals surface area (Å²) < 4.78 is 0.